The van der Waals surface area contributed by atoms with Gasteiger partial charge in [0.1, 0.15) is 0 Å². The van der Waals surface area contributed by atoms with Gasteiger partial charge >= 0.3 is 6.03 Å². The molecule has 0 fully saturated rings. The molecule has 0 saturated heterocycles. The first-order chi connectivity index (χ1) is 8.65. The van der Waals surface area contributed by atoms with Gasteiger partial charge in [-0.2, -0.15) is 0 Å². The summed E-state index contributed by atoms with van der Waals surface area (Å²) in [5.41, 5.74) is 0.619. The van der Waals surface area contributed by atoms with Crippen molar-refractivity contribution in [3.63, 3.8) is 0 Å². The molecule has 1 atom stereocenters. The predicted molar refractivity (Wildman–Crippen MR) is 72.7 cm³/mol. The highest BCUT2D eigenvalue weighted by Gasteiger charge is 2.11. The van der Waals surface area contributed by atoms with Crippen LogP contribution in [0.5, 0.6) is 0 Å². The monoisotopic (exact) mass is 270 g/mol. The second-order valence-electron chi connectivity index (χ2n) is 4.03. The van der Waals surface area contributed by atoms with Gasteiger partial charge in [-0.25, -0.2) is 4.79 Å². The van der Waals surface area contributed by atoms with Gasteiger partial charge in [0.05, 0.1) is 6.10 Å². The van der Waals surface area contributed by atoms with Crippen molar-refractivity contribution in [2.45, 2.75) is 25.9 Å². The standard InChI is InChI=1S/C13H19ClN2O2/c1-2-3-8-15-13(18)16-9-12(17)10-6-4-5-7-11(10)14/h4-7,12,17H,2-3,8-9H2,1H3,(H2,15,16,18). The van der Waals surface area contributed by atoms with Crippen molar-refractivity contribution >= 4 is 17.6 Å². The lowest BCUT2D eigenvalue weighted by Crippen LogP contribution is -2.38. The van der Waals surface area contributed by atoms with Crippen molar-refractivity contribution in [1.82, 2.24) is 10.6 Å². The quantitative estimate of drug-likeness (QED) is 0.696. The zero-order valence-electron chi connectivity index (χ0n) is 10.4. The molecule has 18 heavy (non-hydrogen) atoms. The Kier molecular flexibility index (Phi) is 6.54. The number of hydrogen-bond acceptors (Lipinski definition) is 2. The minimum Gasteiger partial charge on any atom is -0.387 e. The van der Waals surface area contributed by atoms with E-state index in [-0.39, 0.29) is 12.6 Å². The van der Waals surface area contributed by atoms with Crippen LogP contribution in [0.15, 0.2) is 24.3 Å². The molecular formula is C13H19ClN2O2. The topological polar surface area (TPSA) is 61.4 Å². The number of rotatable bonds is 6. The number of benzene rings is 1. The first-order valence-electron chi connectivity index (χ1n) is 6.09. The SMILES string of the molecule is CCCCNC(=O)NCC(O)c1ccccc1Cl. The highest BCUT2D eigenvalue weighted by atomic mass is 35.5. The first kappa shape index (κ1) is 14.8. The van der Waals surface area contributed by atoms with Crippen LogP contribution in [-0.4, -0.2) is 24.2 Å². The Morgan fingerprint density at radius 2 is 2.11 bits per heavy atom. The van der Waals surface area contributed by atoms with E-state index >= 15 is 0 Å². The van der Waals surface area contributed by atoms with Gasteiger partial charge in [-0.1, -0.05) is 43.1 Å². The third-order valence-electron chi connectivity index (χ3n) is 2.54. The highest BCUT2D eigenvalue weighted by Crippen LogP contribution is 2.21. The number of urea groups is 1. The summed E-state index contributed by atoms with van der Waals surface area (Å²) in [6.45, 7) is 2.84. The zero-order valence-corrected chi connectivity index (χ0v) is 11.2. The summed E-state index contributed by atoms with van der Waals surface area (Å²) in [6.07, 6.45) is 1.18. The number of carbonyl (C=O) groups is 1. The van der Waals surface area contributed by atoms with E-state index in [9.17, 15) is 9.90 Å². The number of hydrogen-bond donors (Lipinski definition) is 3. The Balaban J connectivity index is 2.35. The molecule has 3 N–H and O–H groups in total. The van der Waals surface area contributed by atoms with Gasteiger partial charge in [-0.3, -0.25) is 0 Å². The van der Waals surface area contributed by atoms with Crippen LogP contribution in [0.1, 0.15) is 31.4 Å². The molecule has 0 saturated carbocycles. The lowest BCUT2D eigenvalue weighted by molar-refractivity contribution is 0.173. The lowest BCUT2D eigenvalue weighted by atomic mass is 10.1. The van der Waals surface area contributed by atoms with Crippen LogP contribution in [0.3, 0.4) is 0 Å². The fraction of sp³-hybridized carbons (Fsp3) is 0.462. The van der Waals surface area contributed by atoms with Crippen molar-refractivity contribution in [2.24, 2.45) is 0 Å². The van der Waals surface area contributed by atoms with E-state index in [1.165, 1.54) is 0 Å². The molecule has 0 radical (unpaired) electrons. The van der Waals surface area contributed by atoms with Gasteiger partial charge in [-0.15, -0.1) is 0 Å². The number of aliphatic hydroxyl groups excluding tert-OH is 1. The summed E-state index contributed by atoms with van der Waals surface area (Å²) in [5, 5.41) is 15.7. The highest BCUT2D eigenvalue weighted by molar-refractivity contribution is 6.31. The normalized spacial score (nSPS) is 11.9. The molecule has 5 heteroatoms. The molecule has 0 bridgehead atoms. The largest absolute Gasteiger partial charge is 0.387 e. The van der Waals surface area contributed by atoms with Gasteiger partial charge in [-0.05, 0) is 12.5 Å². The molecule has 1 aromatic rings. The van der Waals surface area contributed by atoms with Crippen molar-refractivity contribution in [1.29, 1.82) is 0 Å². The third kappa shape index (κ3) is 4.94. The Labute approximate surface area is 112 Å². The van der Waals surface area contributed by atoms with Crippen LogP contribution >= 0.6 is 11.6 Å². The average molecular weight is 271 g/mol. The molecule has 1 rings (SSSR count). The molecule has 0 aliphatic carbocycles. The molecule has 0 spiro atoms. The number of carbonyl (C=O) groups excluding carboxylic acids is 1. The van der Waals surface area contributed by atoms with E-state index in [2.05, 4.69) is 17.6 Å². The van der Waals surface area contributed by atoms with Crippen molar-refractivity contribution in [3.05, 3.63) is 34.9 Å². The molecule has 1 aromatic carbocycles. The number of nitrogens with one attached hydrogen (secondary N) is 2. The van der Waals surface area contributed by atoms with E-state index in [0.717, 1.165) is 12.8 Å². The van der Waals surface area contributed by atoms with Crippen LogP contribution in [0.25, 0.3) is 0 Å². The number of unbranched alkanes of at least 4 members (excludes halogenated alkanes) is 1. The van der Waals surface area contributed by atoms with Crippen LogP contribution in [0, 0.1) is 0 Å². The molecule has 0 aliphatic rings. The van der Waals surface area contributed by atoms with Crippen molar-refractivity contribution < 1.29 is 9.90 Å². The van der Waals surface area contributed by atoms with Crippen LogP contribution < -0.4 is 10.6 Å². The first-order valence-corrected chi connectivity index (χ1v) is 6.47. The van der Waals surface area contributed by atoms with Crippen LogP contribution in [0.4, 0.5) is 4.79 Å². The van der Waals surface area contributed by atoms with E-state index < -0.39 is 6.10 Å². The molecule has 2 amide bonds. The number of amides is 2. The fourth-order valence-corrected chi connectivity index (χ4v) is 1.75. The van der Waals surface area contributed by atoms with Crippen molar-refractivity contribution in [3.8, 4) is 0 Å². The molecule has 100 valence electrons. The Hall–Kier alpha value is -1.26. The van der Waals surface area contributed by atoms with Crippen LogP contribution in [0.2, 0.25) is 5.02 Å². The molecule has 0 heterocycles. The fourth-order valence-electron chi connectivity index (χ4n) is 1.49. The molecule has 0 aromatic heterocycles. The van der Waals surface area contributed by atoms with E-state index in [1.807, 2.05) is 0 Å². The van der Waals surface area contributed by atoms with Gasteiger partial charge in [0, 0.05) is 23.7 Å². The average Bonchev–Trinajstić information content (AvgIpc) is 2.37. The maximum absolute atomic E-state index is 11.4. The predicted octanol–water partition coefficient (Wildman–Crippen LogP) is 2.47. The smallest absolute Gasteiger partial charge is 0.314 e. The summed E-state index contributed by atoms with van der Waals surface area (Å²) in [6, 6.07) is 6.77. The molecule has 4 nitrogen and oxygen atoms in total. The summed E-state index contributed by atoms with van der Waals surface area (Å²) in [7, 11) is 0. The summed E-state index contributed by atoms with van der Waals surface area (Å²) in [4.78, 5) is 11.4. The van der Waals surface area contributed by atoms with Gasteiger partial charge in [0.2, 0.25) is 0 Å². The third-order valence-corrected chi connectivity index (χ3v) is 2.88. The second kappa shape index (κ2) is 7.95. The summed E-state index contributed by atoms with van der Waals surface area (Å²) < 4.78 is 0. The maximum Gasteiger partial charge on any atom is 0.314 e. The molecule has 0 aliphatic heterocycles. The molecule has 1 unspecified atom stereocenters. The Morgan fingerprint density at radius 1 is 1.39 bits per heavy atom. The number of halogens is 1. The number of aliphatic hydroxyl groups is 1. The summed E-state index contributed by atoms with van der Waals surface area (Å²) in [5.74, 6) is 0. The minimum atomic E-state index is -0.796. The Morgan fingerprint density at radius 3 is 2.78 bits per heavy atom. The van der Waals surface area contributed by atoms with Gasteiger partial charge in [0.15, 0.2) is 0 Å². The van der Waals surface area contributed by atoms with Gasteiger partial charge in [0.25, 0.3) is 0 Å². The van der Waals surface area contributed by atoms with Crippen LogP contribution in [-0.2, 0) is 0 Å². The summed E-state index contributed by atoms with van der Waals surface area (Å²) >= 11 is 5.95. The second-order valence-corrected chi connectivity index (χ2v) is 4.43. The Bertz CT molecular complexity index is 385. The molecular weight excluding hydrogens is 252 g/mol. The lowest BCUT2D eigenvalue weighted by Gasteiger charge is -2.14. The van der Waals surface area contributed by atoms with E-state index in [1.54, 1.807) is 24.3 Å². The van der Waals surface area contributed by atoms with E-state index in [4.69, 9.17) is 11.6 Å². The zero-order chi connectivity index (χ0) is 13.4. The van der Waals surface area contributed by atoms with Gasteiger partial charge < -0.3 is 15.7 Å². The maximum atomic E-state index is 11.4. The van der Waals surface area contributed by atoms with Crippen molar-refractivity contribution in [2.75, 3.05) is 13.1 Å². The minimum absolute atomic E-state index is 0.141. The van der Waals surface area contributed by atoms with E-state index in [0.29, 0.717) is 17.1 Å².